The summed E-state index contributed by atoms with van der Waals surface area (Å²) in [7, 11) is -3.06. The number of nitrogens with one attached hydrogen (secondary N) is 1. The highest BCUT2D eigenvalue weighted by Crippen LogP contribution is 1.87. The Bertz CT molecular complexity index is 224. The minimum absolute atomic E-state index is 0.182. The zero-order valence-electron chi connectivity index (χ0n) is 7.09. The largest absolute Gasteiger partial charge is 0.212 e. The van der Waals surface area contributed by atoms with Gasteiger partial charge in [0.2, 0.25) is 10.0 Å². The van der Waals surface area contributed by atoms with Gasteiger partial charge in [-0.05, 0) is 6.42 Å². The molecule has 0 atom stereocenters. The fourth-order valence-corrected chi connectivity index (χ4v) is 1.82. The van der Waals surface area contributed by atoms with Crippen LogP contribution in [0.5, 0.6) is 0 Å². The molecule has 0 fully saturated rings. The second kappa shape index (κ2) is 6.46. The summed E-state index contributed by atoms with van der Waals surface area (Å²) >= 11 is 5.35. The van der Waals surface area contributed by atoms with Crippen molar-refractivity contribution < 1.29 is 8.42 Å². The Kier molecular flexibility index (Phi) is 6.42. The van der Waals surface area contributed by atoms with E-state index in [0.29, 0.717) is 18.8 Å². The van der Waals surface area contributed by atoms with Crippen LogP contribution >= 0.6 is 11.6 Å². The molecule has 0 saturated carbocycles. The van der Waals surface area contributed by atoms with E-state index in [1.807, 2.05) is 6.92 Å². The van der Waals surface area contributed by atoms with Gasteiger partial charge in [-0.15, -0.1) is 11.6 Å². The number of alkyl halides is 1. The van der Waals surface area contributed by atoms with Crippen LogP contribution in [0.15, 0.2) is 12.2 Å². The number of hydrogen-bond acceptors (Lipinski definition) is 2. The molecule has 0 aliphatic carbocycles. The van der Waals surface area contributed by atoms with Gasteiger partial charge in [-0.2, -0.15) is 0 Å². The Morgan fingerprint density at radius 3 is 2.58 bits per heavy atom. The maximum atomic E-state index is 11.0. The highest BCUT2D eigenvalue weighted by atomic mass is 35.5. The third-order valence-electron chi connectivity index (χ3n) is 1.15. The summed E-state index contributed by atoms with van der Waals surface area (Å²) in [5, 5.41) is 0. The SMILES string of the molecule is CCCS(=O)(=O)NC/C=C/CCl. The molecule has 0 bridgehead atoms. The molecule has 1 N–H and O–H groups in total. The fourth-order valence-electron chi connectivity index (χ4n) is 0.662. The van der Waals surface area contributed by atoms with Crippen LogP contribution in [0, 0.1) is 0 Å². The fraction of sp³-hybridized carbons (Fsp3) is 0.714. The van der Waals surface area contributed by atoms with Gasteiger partial charge in [-0.25, -0.2) is 13.1 Å². The van der Waals surface area contributed by atoms with Crippen LogP contribution in [0.4, 0.5) is 0 Å². The smallest absolute Gasteiger partial charge is 0.211 e. The molecule has 72 valence electrons. The molecule has 0 aromatic rings. The van der Waals surface area contributed by atoms with Crippen molar-refractivity contribution in [2.75, 3.05) is 18.2 Å². The van der Waals surface area contributed by atoms with Gasteiger partial charge in [0, 0.05) is 12.4 Å². The molecular formula is C7H14ClNO2S. The van der Waals surface area contributed by atoms with Crippen molar-refractivity contribution in [3.63, 3.8) is 0 Å². The normalized spacial score (nSPS) is 12.5. The predicted octanol–water partition coefficient (Wildman–Crippen LogP) is 1.11. The Labute approximate surface area is 78.9 Å². The lowest BCUT2D eigenvalue weighted by atomic mass is 10.5. The lowest BCUT2D eigenvalue weighted by Crippen LogP contribution is -2.26. The summed E-state index contributed by atoms with van der Waals surface area (Å²) in [6, 6.07) is 0. The van der Waals surface area contributed by atoms with Gasteiger partial charge in [-0.3, -0.25) is 0 Å². The zero-order valence-corrected chi connectivity index (χ0v) is 8.66. The van der Waals surface area contributed by atoms with Crippen LogP contribution in [-0.4, -0.2) is 26.6 Å². The first-order chi connectivity index (χ1) is 5.62. The van der Waals surface area contributed by atoms with E-state index in [0.717, 1.165) is 0 Å². The van der Waals surface area contributed by atoms with E-state index in [1.54, 1.807) is 12.2 Å². The van der Waals surface area contributed by atoms with Crippen molar-refractivity contribution in [1.82, 2.24) is 4.72 Å². The monoisotopic (exact) mass is 211 g/mol. The van der Waals surface area contributed by atoms with Crippen molar-refractivity contribution in [2.24, 2.45) is 0 Å². The minimum atomic E-state index is -3.06. The summed E-state index contributed by atoms with van der Waals surface area (Å²) in [5.74, 6) is 0.594. The van der Waals surface area contributed by atoms with Crippen molar-refractivity contribution in [3.05, 3.63) is 12.2 Å². The Morgan fingerprint density at radius 1 is 1.42 bits per heavy atom. The molecule has 0 heterocycles. The maximum absolute atomic E-state index is 11.0. The van der Waals surface area contributed by atoms with Gasteiger partial charge < -0.3 is 0 Å². The Hall–Kier alpha value is -0.0600. The molecule has 0 unspecified atom stereocenters. The first-order valence-corrected chi connectivity index (χ1v) is 5.99. The molecule has 0 aromatic heterocycles. The predicted molar refractivity (Wildman–Crippen MR) is 51.9 cm³/mol. The lowest BCUT2D eigenvalue weighted by molar-refractivity contribution is 0.584. The second-order valence-corrected chi connectivity index (χ2v) is 4.53. The third kappa shape index (κ3) is 6.64. The molecule has 0 rings (SSSR count). The molecule has 3 nitrogen and oxygen atoms in total. The summed E-state index contributed by atoms with van der Waals surface area (Å²) in [6.07, 6.45) is 4.03. The average molecular weight is 212 g/mol. The van der Waals surface area contributed by atoms with E-state index in [4.69, 9.17) is 11.6 Å². The van der Waals surface area contributed by atoms with Crippen molar-refractivity contribution in [1.29, 1.82) is 0 Å². The van der Waals surface area contributed by atoms with E-state index in [9.17, 15) is 8.42 Å². The van der Waals surface area contributed by atoms with Crippen molar-refractivity contribution >= 4 is 21.6 Å². The van der Waals surface area contributed by atoms with Gasteiger partial charge in [0.05, 0.1) is 5.75 Å². The standard InChI is InChI=1S/C7H14ClNO2S/c1-2-7-12(10,11)9-6-4-3-5-8/h3-4,9H,2,5-7H2,1H3/b4-3+. The van der Waals surface area contributed by atoms with E-state index >= 15 is 0 Å². The average Bonchev–Trinajstić information content (AvgIpc) is 1.98. The van der Waals surface area contributed by atoms with Crippen molar-refractivity contribution in [2.45, 2.75) is 13.3 Å². The molecule has 0 saturated heterocycles. The van der Waals surface area contributed by atoms with E-state index in [2.05, 4.69) is 4.72 Å². The first kappa shape index (κ1) is 11.9. The molecule has 12 heavy (non-hydrogen) atoms. The maximum Gasteiger partial charge on any atom is 0.211 e. The molecule has 0 spiro atoms. The molecule has 0 radical (unpaired) electrons. The third-order valence-corrected chi connectivity index (χ3v) is 2.88. The van der Waals surface area contributed by atoms with Crippen LogP contribution in [-0.2, 0) is 10.0 Å². The summed E-state index contributed by atoms with van der Waals surface area (Å²) < 4.78 is 24.5. The molecule has 5 heteroatoms. The lowest BCUT2D eigenvalue weighted by Gasteiger charge is -2.00. The molecular weight excluding hydrogens is 198 g/mol. The van der Waals surface area contributed by atoms with Gasteiger partial charge in [0.15, 0.2) is 0 Å². The Morgan fingerprint density at radius 2 is 2.08 bits per heavy atom. The quantitative estimate of drug-likeness (QED) is 0.529. The van der Waals surface area contributed by atoms with E-state index in [-0.39, 0.29) is 5.75 Å². The Balaban J connectivity index is 3.69. The number of allylic oxidation sites excluding steroid dienone is 1. The number of hydrogen-bond donors (Lipinski definition) is 1. The van der Waals surface area contributed by atoms with Gasteiger partial charge >= 0.3 is 0 Å². The van der Waals surface area contributed by atoms with Crippen LogP contribution < -0.4 is 4.72 Å². The van der Waals surface area contributed by atoms with Gasteiger partial charge in [0.25, 0.3) is 0 Å². The summed E-state index contributed by atoms with van der Waals surface area (Å²) in [5.41, 5.74) is 0. The van der Waals surface area contributed by atoms with E-state index in [1.165, 1.54) is 0 Å². The van der Waals surface area contributed by atoms with E-state index < -0.39 is 10.0 Å². The first-order valence-electron chi connectivity index (χ1n) is 3.80. The highest BCUT2D eigenvalue weighted by Gasteiger charge is 2.04. The van der Waals surface area contributed by atoms with Crippen molar-refractivity contribution in [3.8, 4) is 0 Å². The van der Waals surface area contributed by atoms with Crippen LogP contribution in [0.1, 0.15) is 13.3 Å². The topological polar surface area (TPSA) is 46.2 Å². The summed E-state index contributed by atoms with van der Waals surface area (Å²) in [6.45, 7) is 2.16. The van der Waals surface area contributed by atoms with Gasteiger partial charge in [0.1, 0.15) is 0 Å². The summed E-state index contributed by atoms with van der Waals surface area (Å²) in [4.78, 5) is 0. The van der Waals surface area contributed by atoms with Crippen LogP contribution in [0.25, 0.3) is 0 Å². The molecule has 0 aliphatic heterocycles. The highest BCUT2D eigenvalue weighted by molar-refractivity contribution is 7.89. The molecule has 0 aliphatic rings. The number of sulfonamides is 1. The second-order valence-electron chi connectivity index (χ2n) is 2.29. The number of rotatable bonds is 6. The van der Waals surface area contributed by atoms with Gasteiger partial charge in [-0.1, -0.05) is 19.1 Å². The molecule has 0 aromatic carbocycles. The minimum Gasteiger partial charge on any atom is -0.212 e. The van der Waals surface area contributed by atoms with Crippen LogP contribution in [0.3, 0.4) is 0 Å². The van der Waals surface area contributed by atoms with Crippen LogP contribution in [0.2, 0.25) is 0 Å². The number of halogens is 1. The molecule has 0 amide bonds. The zero-order chi connectivity index (χ0) is 9.45.